The van der Waals surface area contributed by atoms with Crippen LogP contribution in [0.1, 0.15) is 5.56 Å². The maximum Gasteiger partial charge on any atom is 0.265 e. The molecule has 8 heteroatoms. The topological polar surface area (TPSA) is 79.3 Å². The summed E-state index contributed by atoms with van der Waals surface area (Å²) < 4.78 is 27.5. The fourth-order valence-corrected chi connectivity index (χ4v) is 3.67. The predicted octanol–water partition coefficient (Wildman–Crippen LogP) is 2.83. The summed E-state index contributed by atoms with van der Waals surface area (Å²) in [6.45, 7) is 0.0460. The Morgan fingerprint density at radius 2 is 1.95 bits per heavy atom. The normalized spacial score (nSPS) is 11.4. The summed E-state index contributed by atoms with van der Waals surface area (Å²) in [5.74, 6) is 0. The van der Waals surface area contributed by atoms with E-state index in [1.807, 2.05) is 0 Å². The molecule has 0 spiro atoms. The van der Waals surface area contributed by atoms with Crippen molar-refractivity contribution < 1.29 is 13.5 Å². The number of sulfonamides is 1. The van der Waals surface area contributed by atoms with Gasteiger partial charge in [-0.1, -0.05) is 23.7 Å². The molecule has 0 saturated carbocycles. The number of rotatable bonds is 5. The maximum atomic E-state index is 12.3. The SMILES string of the molecule is O=S(=O)(Nc1ccc(CCO)cc1)c1cc(Br)cnc1Cl. The quantitative estimate of drug-likeness (QED) is 0.768. The van der Waals surface area contributed by atoms with Gasteiger partial charge in [0.1, 0.15) is 10.0 Å². The largest absolute Gasteiger partial charge is 0.396 e. The zero-order valence-electron chi connectivity index (χ0n) is 10.8. The highest BCUT2D eigenvalue weighted by atomic mass is 79.9. The lowest BCUT2D eigenvalue weighted by Crippen LogP contribution is -2.14. The number of pyridine rings is 1. The van der Waals surface area contributed by atoms with Crippen LogP contribution in [0.25, 0.3) is 0 Å². The fraction of sp³-hybridized carbons (Fsp3) is 0.154. The van der Waals surface area contributed by atoms with E-state index in [-0.39, 0.29) is 16.7 Å². The Labute approximate surface area is 136 Å². The molecule has 2 aromatic rings. The van der Waals surface area contributed by atoms with E-state index in [4.69, 9.17) is 16.7 Å². The number of aliphatic hydroxyl groups excluding tert-OH is 1. The first-order chi connectivity index (χ1) is 9.92. The Morgan fingerprint density at radius 1 is 1.29 bits per heavy atom. The molecule has 2 rings (SSSR count). The van der Waals surface area contributed by atoms with Gasteiger partial charge in [-0.2, -0.15) is 0 Å². The number of benzene rings is 1. The molecular formula is C13H12BrClN2O3S. The number of aliphatic hydroxyl groups is 1. The molecule has 112 valence electrons. The molecule has 2 N–H and O–H groups in total. The molecule has 1 heterocycles. The summed E-state index contributed by atoms with van der Waals surface area (Å²) >= 11 is 9.00. The second kappa shape index (κ2) is 6.74. The van der Waals surface area contributed by atoms with Gasteiger partial charge in [0.05, 0.1) is 0 Å². The zero-order chi connectivity index (χ0) is 15.5. The molecule has 0 radical (unpaired) electrons. The molecule has 0 unspecified atom stereocenters. The highest BCUT2D eigenvalue weighted by molar-refractivity contribution is 9.10. The van der Waals surface area contributed by atoms with Crippen LogP contribution in [0.3, 0.4) is 0 Å². The smallest absolute Gasteiger partial charge is 0.265 e. The lowest BCUT2D eigenvalue weighted by atomic mass is 10.1. The van der Waals surface area contributed by atoms with Crippen molar-refractivity contribution in [2.45, 2.75) is 11.3 Å². The van der Waals surface area contributed by atoms with Gasteiger partial charge >= 0.3 is 0 Å². The summed E-state index contributed by atoms with van der Waals surface area (Å²) in [4.78, 5) is 3.70. The van der Waals surface area contributed by atoms with Gasteiger partial charge in [0.25, 0.3) is 10.0 Å². The van der Waals surface area contributed by atoms with E-state index >= 15 is 0 Å². The van der Waals surface area contributed by atoms with E-state index in [0.717, 1.165) is 5.56 Å². The van der Waals surface area contributed by atoms with Crippen molar-refractivity contribution in [3.05, 3.63) is 51.7 Å². The molecule has 0 bridgehead atoms. The molecule has 0 amide bonds. The molecule has 0 atom stereocenters. The van der Waals surface area contributed by atoms with E-state index in [2.05, 4.69) is 25.6 Å². The van der Waals surface area contributed by atoms with Crippen molar-refractivity contribution in [2.24, 2.45) is 0 Å². The van der Waals surface area contributed by atoms with Crippen LogP contribution in [0.2, 0.25) is 5.15 Å². The van der Waals surface area contributed by atoms with E-state index in [1.54, 1.807) is 24.3 Å². The van der Waals surface area contributed by atoms with Gasteiger partial charge in [-0.05, 0) is 46.1 Å². The number of hydrogen-bond donors (Lipinski definition) is 2. The van der Waals surface area contributed by atoms with Gasteiger partial charge in [-0.15, -0.1) is 0 Å². The van der Waals surface area contributed by atoms with Crippen LogP contribution in [-0.2, 0) is 16.4 Å². The first kappa shape index (κ1) is 16.2. The molecule has 1 aromatic heterocycles. The van der Waals surface area contributed by atoms with Crippen LogP contribution in [0, 0.1) is 0 Å². The lowest BCUT2D eigenvalue weighted by Gasteiger charge is -2.10. The minimum atomic E-state index is -3.82. The zero-order valence-corrected chi connectivity index (χ0v) is 13.9. The van der Waals surface area contributed by atoms with Gasteiger partial charge in [0.15, 0.2) is 0 Å². The third-order valence-electron chi connectivity index (χ3n) is 2.67. The fourth-order valence-electron chi connectivity index (χ4n) is 1.67. The Morgan fingerprint density at radius 3 is 2.57 bits per heavy atom. The summed E-state index contributed by atoms with van der Waals surface area (Å²) in [6.07, 6.45) is 1.94. The first-order valence-electron chi connectivity index (χ1n) is 5.96. The van der Waals surface area contributed by atoms with Gasteiger partial charge in [-0.3, -0.25) is 4.72 Å². The molecule has 0 aliphatic heterocycles. The Bertz CT molecular complexity index is 736. The van der Waals surface area contributed by atoms with Crippen molar-refractivity contribution in [1.29, 1.82) is 0 Å². The predicted molar refractivity (Wildman–Crippen MR) is 85.0 cm³/mol. The molecule has 21 heavy (non-hydrogen) atoms. The van der Waals surface area contributed by atoms with E-state index in [1.165, 1.54) is 12.3 Å². The minimum absolute atomic E-state index is 0.0460. The van der Waals surface area contributed by atoms with Crippen LogP contribution < -0.4 is 4.72 Å². The van der Waals surface area contributed by atoms with Crippen molar-refractivity contribution >= 4 is 43.2 Å². The third-order valence-corrected chi connectivity index (χ3v) is 4.91. The van der Waals surface area contributed by atoms with Crippen molar-refractivity contribution in [3.8, 4) is 0 Å². The van der Waals surface area contributed by atoms with Crippen molar-refractivity contribution in [1.82, 2.24) is 4.98 Å². The number of halogens is 2. The van der Waals surface area contributed by atoms with E-state index in [9.17, 15) is 8.42 Å². The van der Waals surface area contributed by atoms with Crippen LogP contribution >= 0.6 is 27.5 Å². The standard InChI is InChI=1S/C13H12BrClN2O3S/c14-10-7-12(13(15)16-8-10)21(19,20)17-11-3-1-9(2-4-11)5-6-18/h1-4,7-8,17-18H,5-6H2. The van der Waals surface area contributed by atoms with Crippen LogP contribution in [0.15, 0.2) is 45.9 Å². The van der Waals surface area contributed by atoms with Gasteiger partial charge in [0.2, 0.25) is 0 Å². The van der Waals surface area contributed by atoms with E-state index in [0.29, 0.717) is 16.6 Å². The number of aromatic nitrogens is 1. The highest BCUT2D eigenvalue weighted by Crippen LogP contribution is 2.25. The number of nitrogens with zero attached hydrogens (tertiary/aromatic N) is 1. The average molecular weight is 392 g/mol. The molecule has 0 aliphatic carbocycles. The lowest BCUT2D eigenvalue weighted by molar-refractivity contribution is 0.299. The molecule has 0 saturated heterocycles. The van der Waals surface area contributed by atoms with Gasteiger partial charge in [0, 0.05) is 23.0 Å². The summed E-state index contributed by atoms with van der Waals surface area (Å²) in [7, 11) is -3.82. The summed E-state index contributed by atoms with van der Waals surface area (Å²) in [5.41, 5.74) is 1.33. The molecular weight excluding hydrogens is 380 g/mol. The number of nitrogens with one attached hydrogen (secondary N) is 1. The van der Waals surface area contributed by atoms with Crippen LogP contribution in [0.5, 0.6) is 0 Å². The van der Waals surface area contributed by atoms with Crippen molar-refractivity contribution in [2.75, 3.05) is 11.3 Å². The van der Waals surface area contributed by atoms with Crippen LogP contribution in [-0.4, -0.2) is 25.1 Å². The van der Waals surface area contributed by atoms with Crippen molar-refractivity contribution in [3.63, 3.8) is 0 Å². The first-order valence-corrected chi connectivity index (χ1v) is 8.61. The summed E-state index contributed by atoms with van der Waals surface area (Å²) in [6, 6.07) is 8.13. The molecule has 1 aromatic carbocycles. The summed E-state index contributed by atoms with van der Waals surface area (Å²) in [5, 5.41) is 8.75. The Hall–Kier alpha value is -1.15. The maximum absolute atomic E-state index is 12.3. The highest BCUT2D eigenvalue weighted by Gasteiger charge is 2.19. The molecule has 0 fully saturated rings. The second-order valence-electron chi connectivity index (χ2n) is 4.22. The molecule has 5 nitrogen and oxygen atoms in total. The third kappa shape index (κ3) is 4.16. The minimum Gasteiger partial charge on any atom is -0.396 e. The number of hydrogen-bond acceptors (Lipinski definition) is 4. The Balaban J connectivity index is 2.26. The van der Waals surface area contributed by atoms with E-state index < -0.39 is 10.0 Å². The Kier molecular flexibility index (Phi) is 5.21. The second-order valence-corrected chi connectivity index (χ2v) is 7.14. The van der Waals surface area contributed by atoms with Crippen LogP contribution in [0.4, 0.5) is 5.69 Å². The molecule has 0 aliphatic rings. The monoisotopic (exact) mass is 390 g/mol. The van der Waals surface area contributed by atoms with Gasteiger partial charge < -0.3 is 5.11 Å². The average Bonchev–Trinajstić information content (AvgIpc) is 2.43. The number of anilines is 1. The van der Waals surface area contributed by atoms with Gasteiger partial charge in [-0.25, -0.2) is 13.4 Å².